The van der Waals surface area contributed by atoms with Crippen LogP contribution >= 0.6 is 0 Å². The molecule has 1 amide bonds. The highest BCUT2D eigenvalue weighted by molar-refractivity contribution is 5.80. The maximum Gasteiger partial charge on any atom is 0.335 e. The first kappa shape index (κ1) is 93.1. The number of aliphatic hydroxyl groups is 20. The second kappa shape index (κ2) is 35.6. The smallest absolute Gasteiger partial charge is 0.335 e. The quantitative estimate of drug-likeness (QED) is 0.0185. The number of hydrogen-bond acceptors (Lipinski definition) is 40. The SMILES string of the molecule is CC[C@]1(O)CO[C@H](OC2C(O)[C@H](O[C@H]3C(C)O[C@@H](OC4C(O)[C@@H](NC(=O)CO[C@@H]5O[C@H](CO)C(O)C5O)C(CO)O[C@H]4OC(=O)[C@]45CCC(C)(C)CC4C4=CCC6C7(C)CC[C@H](O[C@@H]8OC(C(=O)O)[C@H](O)[C@H](O[C@@H]9OC[C@H](O)[C@H](O)C9O)C8O[C@@H]8OC(CO)[C@H](O)[C@H](O)C8O)[C@](C)(C=O)[C@@H]7CCC6(C)C4(C)CC5O)C(O)C3O)OC[C@@H]2O)C1O. The zero-order valence-electron chi connectivity index (χ0n) is 67.2. The molecule has 42 heteroatoms. The molecule has 0 spiro atoms. The van der Waals surface area contributed by atoms with Gasteiger partial charge in [0.2, 0.25) is 12.2 Å². The Labute approximate surface area is 683 Å². The number of esters is 1. The van der Waals surface area contributed by atoms with Gasteiger partial charge in [0.15, 0.2) is 56.2 Å². The van der Waals surface area contributed by atoms with E-state index in [1.165, 1.54) is 6.92 Å². The Balaban J connectivity index is 0.767. The molecule has 22 N–H and O–H groups in total. The van der Waals surface area contributed by atoms with Crippen LogP contribution in [0.25, 0.3) is 0 Å². The molecule has 8 saturated heterocycles. The van der Waals surface area contributed by atoms with Gasteiger partial charge in [0.25, 0.3) is 0 Å². The van der Waals surface area contributed by atoms with Crippen molar-refractivity contribution in [2.45, 2.75) is 346 Å². The molecule has 0 aromatic heterocycles. The third kappa shape index (κ3) is 16.5. The summed E-state index contributed by atoms with van der Waals surface area (Å²) >= 11 is 0. The summed E-state index contributed by atoms with van der Waals surface area (Å²) < 4.78 is 95.4. The van der Waals surface area contributed by atoms with E-state index in [4.69, 9.17) is 75.8 Å². The zero-order valence-corrected chi connectivity index (χ0v) is 67.2. The van der Waals surface area contributed by atoms with Crippen molar-refractivity contribution in [3.63, 3.8) is 0 Å². The lowest BCUT2D eigenvalue weighted by Crippen LogP contribution is -2.70. The third-order valence-corrected chi connectivity index (χ3v) is 29.2. The molecule has 0 aromatic carbocycles. The molecule has 13 aliphatic rings. The molecule has 13 rings (SSSR count). The zero-order chi connectivity index (χ0) is 86.8. The van der Waals surface area contributed by atoms with Gasteiger partial charge in [0.1, 0.15) is 158 Å². The van der Waals surface area contributed by atoms with Gasteiger partial charge in [-0.1, -0.05) is 60.1 Å². The van der Waals surface area contributed by atoms with E-state index < -0.39 is 329 Å². The van der Waals surface area contributed by atoms with E-state index in [0.717, 1.165) is 11.9 Å². The van der Waals surface area contributed by atoms with Crippen LogP contribution in [0.2, 0.25) is 0 Å². The van der Waals surface area contributed by atoms with Crippen LogP contribution in [0.1, 0.15) is 120 Å². The summed E-state index contributed by atoms with van der Waals surface area (Å²) in [7, 11) is 0. The number of carboxylic acids is 1. The molecule has 5 aliphatic carbocycles. The summed E-state index contributed by atoms with van der Waals surface area (Å²) in [5.41, 5.74) is -7.18. The Kier molecular flexibility index (Phi) is 27.8. The highest BCUT2D eigenvalue weighted by atomic mass is 16.8. The molecule has 4 saturated carbocycles. The van der Waals surface area contributed by atoms with Crippen LogP contribution in [-0.4, -0.2) is 404 Å². The number of carbonyl (C=O) groups is 4. The number of aliphatic hydroxyl groups excluding tert-OH is 19. The number of ether oxygens (including phenoxy) is 16. The first-order valence-corrected chi connectivity index (χ1v) is 41.0. The van der Waals surface area contributed by atoms with Gasteiger partial charge in [-0.25, -0.2) is 4.79 Å². The molecule has 680 valence electrons. The minimum atomic E-state index is -2.25. The summed E-state index contributed by atoms with van der Waals surface area (Å²) in [6.45, 7) is 9.84. The van der Waals surface area contributed by atoms with Gasteiger partial charge in [0, 0.05) is 0 Å². The van der Waals surface area contributed by atoms with E-state index in [9.17, 15) is 122 Å². The molecule has 22 unspecified atom stereocenters. The van der Waals surface area contributed by atoms with Crippen molar-refractivity contribution in [1.82, 2.24) is 5.32 Å². The molecule has 12 fully saturated rings. The topological polar surface area (TPSA) is 653 Å². The number of carboxylic acid groups (broad SMARTS) is 1. The molecule has 8 heterocycles. The summed E-state index contributed by atoms with van der Waals surface area (Å²) in [4.78, 5) is 57.5. The van der Waals surface area contributed by atoms with Crippen molar-refractivity contribution in [2.24, 2.45) is 50.2 Å². The normalized spacial score (nSPS) is 53.0. The second-order valence-corrected chi connectivity index (χ2v) is 36.6. The Hall–Kier alpha value is -3.58. The minimum absolute atomic E-state index is 0.0105. The highest BCUT2D eigenvalue weighted by Crippen LogP contribution is 2.76. The molecular weight excluding hydrogens is 1590 g/mol. The fourth-order valence-corrected chi connectivity index (χ4v) is 21.8. The highest BCUT2D eigenvalue weighted by Gasteiger charge is 2.74. The first-order valence-electron chi connectivity index (χ1n) is 41.0. The van der Waals surface area contributed by atoms with Gasteiger partial charge < -0.3 is 193 Å². The first-order chi connectivity index (χ1) is 56.0. The number of hydrogen-bond donors (Lipinski definition) is 22. The molecule has 0 radical (unpaired) electrons. The fourth-order valence-electron chi connectivity index (χ4n) is 21.8. The Morgan fingerprint density at radius 3 is 1.76 bits per heavy atom. The van der Waals surface area contributed by atoms with E-state index in [1.807, 2.05) is 20.8 Å². The van der Waals surface area contributed by atoms with Crippen LogP contribution < -0.4 is 5.32 Å². The number of nitrogens with one attached hydrogen (secondary N) is 1. The Bertz CT molecular complexity index is 3550. The third-order valence-electron chi connectivity index (χ3n) is 29.2. The number of aliphatic carboxylic acids is 1. The lowest BCUT2D eigenvalue weighted by atomic mass is 9.33. The standard InChI is InChI=1S/C77H121NO41/c1-9-76(103)27-107-69(60(76)99)114-55-32(84)24-105-64(53(55)98)113-54-28(2)108-65(51(96)47(54)92)117-58-45(90)41(78-40(86)25-106-62-49(94)44(89)35(22-81)110-62)33(20-79)109-67(58)119-70(102)77-17-16-71(3,4)18-30(77)29-10-11-37-72(5)14-13-39(73(6,26-82)36(72)12-15-74(37,7)75(29,8)19-38(77)85)112-68-59(118-66-50(95)46(91)43(88)34(21-80)111-66)56(52(97)57(116-68)61(100)101)115-63-48(93)42(87)31(83)23-104-63/h10,26,28,30-39,41-60,62-69,79-81,83-85,87-99,103H,9,11-25,27H2,1-8H3,(H,78,86)(H,100,101)/t28?,30?,31-,32-,33?,34?,35+,36+,37?,38?,39-,41-,42-,43-,44?,45?,46-,47?,48?,49?,50?,51?,52+,53?,54-,55?,56-,57?,58?,59?,60?,62+,63-,64-,65-,66-,67-,68+,69+,72?,73+,74?,75?,76-,77+/m0/s1. The van der Waals surface area contributed by atoms with Gasteiger partial charge in [0.05, 0.1) is 69.4 Å². The van der Waals surface area contributed by atoms with Crippen LogP contribution in [0, 0.1) is 50.2 Å². The van der Waals surface area contributed by atoms with Crippen LogP contribution in [0.3, 0.4) is 0 Å². The summed E-state index contributed by atoms with van der Waals surface area (Å²) in [6.07, 6.45) is -58.7. The van der Waals surface area contributed by atoms with Crippen LogP contribution in [0.15, 0.2) is 11.6 Å². The minimum Gasteiger partial charge on any atom is -0.479 e. The van der Waals surface area contributed by atoms with Crippen LogP contribution in [-0.2, 0) is 95.0 Å². The van der Waals surface area contributed by atoms with Gasteiger partial charge in [-0.2, -0.15) is 0 Å². The molecule has 42 nitrogen and oxygen atoms in total. The largest absolute Gasteiger partial charge is 0.479 e. The second-order valence-electron chi connectivity index (χ2n) is 36.6. The Morgan fingerprint density at radius 2 is 1.12 bits per heavy atom. The number of rotatable bonds is 24. The maximum absolute atomic E-state index is 16.2. The number of allylic oxidation sites excluding steroid dienone is 2. The van der Waals surface area contributed by atoms with E-state index in [0.29, 0.717) is 38.5 Å². The monoisotopic (exact) mass is 1720 g/mol. The summed E-state index contributed by atoms with van der Waals surface area (Å²) in [5.74, 6) is -5.52. The van der Waals surface area contributed by atoms with E-state index in [2.05, 4.69) is 25.2 Å². The maximum atomic E-state index is 16.2. The van der Waals surface area contributed by atoms with Crippen LogP contribution in [0.5, 0.6) is 0 Å². The average Bonchev–Trinajstić information content (AvgIpc) is 0.713. The molecule has 45 atom stereocenters. The lowest BCUT2D eigenvalue weighted by molar-refractivity contribution is -0.391. The number of aldehydes is 1. The van der Waals surface area contributed by atoms with E-state index >= 15 is 4.79 Å². The van der Waals surface area contributed by atoms with Gasteiger partial charge >= 0.3 is 11.9 Å². The predicted molar refractivity (Wildman–Crippen MR) is 386 cm³/mol. The van der Waals surface area contributed by atoms with Crippen molar-refractivity contribution in [1.29, 1.82) is 0 Å². The number of amides is 1. The van der Waals surface area contributed by atoms with Crippen molar-refractivity contribution < 1.29 is 202 Å². The van der Waals surface area contributed by atoms with E-state index in [1.54, 1.807) is 13.8 Å². The summed E-state index contributed by atoms with van der Waals surface area (Å²) in [5, 5.41) is 236. The van der Waals surface area contributed by atoms with Crippen molar-refractivity contribution in [3.05, 3.63) is 11.6 Å². The van der Waals surface area contributed by atoms with Crippen molar-refractivity contribution >= 4 is 24.1 Å². The predicted octanol–water partition coefficient (Wildman–Crippen LogP) is -8.38. The number of fused-ring (bicyclic) bond motifs is 7. The molecular formula is C77H121NO41. The van der Waals surface area contributed by atoms with Gasteiger partial charge in [-0.05, 0) is 111 Å². The lowest BCUT2D eigenvalue weighted by Gasteiger charge is -2.71. The van der Waals surface area contributed by atoms with Gasteiger partial charge in [-0.3, -0.25) is 9.59 Å². The van der Waals surface area contributed by atoms with Crippen molar-refractivity contribution in [2.75, 3.05) is 46.2 Å². The van der Waals surface area contributed by atoms with Crippen molar-refractivity contribution in [3.8, 4) is 0 Å². The molecule has 0 bridgehead atoms. The summed E-state index contributed by atoms with van der Waals surface area (Å²) in [6, 6.07) is -1.73. The van der Waals surface area contributed by atoms with Crippen LogP contribution in [0.4, 0.5) is 0 Å². The van der Waals surface area contributed by atoms with Gasteiger partial charge in [-0.15, -0.1) is 0 Å². The Morgan fingerprint density at radius 1 is 0.538 bits per heavy atom. The molecule has 8 aliphatic heterocycles. The molecule has 0 aromatic rings. The van der Waals surface area contributed by atoms with E-state index in [-0.39, 0.29) is 38.2 Å². The fraction of sp³-hybridized carbons (Fsp3) is 0.922. The molecule has 119 heavy (non-hydrogen) atoms. The average molecular weight is 1720 g/mol. The number of carbonyl (C=O) groups excluding carboxylic acids is 3.